The zero-order valence-electron chi connectivity index (χ0n) is 15.4. The number of allylic oxidation sites excluding steroid dienone is 1. The Labute approximate surface area is 157 Å². The summed E-state index contributed by atoms with van der Waals surface area (Å²) in [6.45, 7) is 2.24. The Hall–Kier alpha value is -0.0900. The van der Waals surface area contributed by atoms with Crippen molar-refractivity contribution in [3.05, 3.63) is 12.2 Å². The second kappa shape index (κ2) is 15.2. The molecule has 2 atom stereocenters. The fraction of sp³-hybridized carbons (Fsp3) is 0.850. The minimum Gasteiger partial charge on any atom is -0.481 e. The summed E-state index contributed by atoms with van der Waals surface area (Å²) in [5, 5.41) is 8.64. The summed E-state index contributed by atoms with van der Waals surface area (Å²) in [5.41, 5.74) is 0. The van der Waals surface area contributed by atoms with Crippen molar-refractivity contribution in [2.75, 3.05) is 23.0 Å². The molecule has 1 fully saturated rings. The van der Waals surface area contributed by atoms with Gasteiger partial charge in [-0.15, -0.1) is 0 Å². The molecule has 0 aromatic carbocycles. The molecule has 0 radical (unpaired) electrons. The molecule has 0 aromatic heterocycles. The van der Waals surface area contributed by atoms with Crippen LogP contribution < -0.4 is 0 Å². The lowest BCUT2D eigenvalue weighted by Gasteiger charge is -2.18. The van der Waals surface area contributed by atoms with Gasteiger partial charge in [-0.1, -0.05) is 51.2 Å². The van der Waals surface area contributed by atoms with E-state index in [1.165, 1.54) is 68.0 Å². The second-order valence-electron chi connectivity index (χ2n) is 6.88. The quantitative estimate of drug-likeness (QED) is 0.272. The van der Waals surface area contributed by atoms with E-state index in [4.69, 9.17) is 5.11 Å². The van der Waals surface area contributed by atoms with Crippen LogP contribution in [0.5, 0.6) is 0 Å². The van der Waals surface area contributed by atoms with Gasteiger partial charge in [-0.3, -0.25) is 4.79 Å². The molecule has 0 aliphatic carbocycles. The van der Waals surface area contributed by atoms with Gasteiger partial charge >= 0.3 is 5.97 Å². The van der Waals surface area contributed by atoms with Gasteiger partial charge in [-0.2, -0.15) is 23.5 Å². The molecular formula is C20H36O2S2. The maximum absolute atomic E-state index is 10.5. The minimum atomic E-state index is -0.653. The third kappa shape index (κ3) is 11.5. The summed E-state index contributed by atoms with van der Waals surface area (Å²) in [6, 6.07) is 0. The molecule has 0 aromatic rings. The molecule has 2 nitrogen and oxygen atoms in total. The van der Waals surface area contributed by atoms with E-state index in [0.29, 0.717) is 6.42 Å². The van der Waals surface area contributed by atoms with Crippen LogP contribution in [0.3, 0.4) is 0 Å². The van der Waals surface area contributed by atoms with Gasteiger partial charge in [0.25, 0.3) is 0 Å². The van der Waals surface area contributed by atoms with Crippen molar-refractivity contribution in [2.24, 2.45) is 11.8 Å². The molecular weight excluding hydrogens is 336 g/mol. The first-order valence-electron chi connectivity index (χ1n) is 9.76. The van der Waals surface area contributed by atoms with Crippen LogP contribution in [-0.4, -0.2) is 34.1 Å². The minimum absolute atomic E-state index is 0.339. The number of unbranched alkanes of at least 4 members (excludes halogenated alkanes) is 5. The predicted molar refractivity (Wildman–Crippen MR) is 110 cm³/mol. The molecule has 4 heteroatoms. The Balaban J connectivity index is 2.00. The van der Waals surface area contributed by atoms with Gasteiger partial charge in [-0.05, 0) is 54.8 Å². The van der Waals surface area contributed by atoms with E-state index in [1.54, 1.807) is 0 Å². The lowest BCUT2D eigenvalue weighted by atomic mass is 9.89. The van der Waals surface area contributed by atoms with Crippen LogP contribution in [0, 0.1) is 11.8 Å². The molecule has 0 amide bonds. The number of aliphatic carboxylic acids is 1. The Kier molecular flexibility index (Phi) is 13.9. The molecule has 140 valence electrons. The summed E-state index contributed by atoms with van der Waals surface area (Å²) in [7, 11) is 0. The maximum atomic E-state index is 10.5. The average molecular weight is 373 g/mol. The van der Waals surface area contributed by atoms with E-state index in [0.717, 1.165) is 24.7 Å². The highest BCUT2D eigenvalue weighted by molar-refractivity contribution is 7.99. The van der Waals surface area contributed by atoms with Gasteiger partial charge in [0.1, 0.15) is 0 Å². The molecule has 0 spiro atoms. The van der Waals surface area contributed by atoms with Crippen LogP contribution >= 0.6 is 23.5 Å². The van der Waals surface area contributed by atoms with E-state index in [-0.39, 0.29) is 0 Å². The van der Waals surface area contributed by atoms with E-state index < -0.39 is 5.97 Å². The summed E-state index contributed by atoms with van der Waals surface area (Å²) < 4.78 is 0. The van der Waals surface area contributed by atoms with Crippen LogP contribution in [0.1, 0.15) is 71.1 Å². The van der Waals surface area contributed by atoms with Crippen molar-refractivity contribution in [1.82, 2.24) is 0 Å². The van der Waals surface area contributed by atoms with Crippen LogP contribution in [0.25, 0.3) is 0 Å². The summed E-state index contributed by atoms with van der Waals surface area (Å²) in [5.74, 6) is 6.37. The van der Waals surface area contributed by atoms with Crippen molar-refractivity contribution in [3.63, 3.8) is 0 Å². The highest BCUT2D eigenvalue weighted by Gasteiger charge is 2.26. The SMILES string of the molecule is CCCC/C=C/CSCCC1CSCC1CCCCCCC(=O)O. The smallest absolute Gasteiger partial charge is 0.303 e. The van der Waals surface area contributed by atoms with Crippen molar-refractivity contribution >= 4 is 29.5 Å². The van der Waals surface area contributed by atoms with Gasteiger partial charge < -0.3 is 5.11 Å². The number of thioether (sulfide) groups is 2. The Morgan fingerprint density at radius 2 is 1.83 bits per heavy atom. The molecule has 1 aliphatic rings. The van der Waals surface area contributed by atoms with Gasteiger partial charge in [0.15, 0.2) is 0 Å². The molecule has 1 saturated heterocycles. The Morgan fingerprint density at radius 3 is 2.58 bits per heavy atom. The van der Waals surface area contributed by atoms with Crippen molar-refractivity contribution in [1.29, 1.82) is 0 Å². The van der Waals surface area contributed by atoms with Crippen molar-refractivity contribution < 1.29 is 9.90 Å². The van der Waals surface area contributed by atoms with Crippen LogP contribution in [0.2, 0.25) is 0 Å². The lowest BCUT2D eigenvalue weighted by Crippen LogP contribution is -2.13. The first-order chi connectivity index (χ1) is 11.7. The fourth-order valence-electron chi connectivity index (χ4n) is 3.21. The summed E-state index contributed by atoms with van der Waals surface area (Å²) >= 11 is 4.23. The van der Waals surface area contributed by atoms with Gasteiger partial charge in [0.2, 0.25) is 0 Å². The highest BCUT2D eigenvalue weighted by Crippen LogP contribution is 2.36. The Bertz CT molecular complexity index is 345. The number of rotatable bonds is 15. The van der Waals surface area contributed by atoms with Gasteiger partial charge in [-0.25, -0.2) is 0 Å². The Morgan fingerprint density at radius 1 is 1.08 bits per heavy atom. The van der Waals surface area contributed by atoms with Crippen LogP contribution in [-0.2, 0) is 4.79 Å². The lowest BCUT2D eigenvalue weighted by molar-refractivity contribution is -0.137. The van der Waals surface area contributed by atoms with Crippen molar-refractivity contribution in [3.8, 4) is 0 Å². The first-order valence-corrected chi connectivity index (χ1v) is 12.1. The van der Waals surface area contributed by atoms with E-state index in [1.807, 2.05) is 0 Å². The standard InChI is InChI=1S/C20H36O2S2/c1-2-3-4-7-10-14-23-15-13-19-17-24-16-18(19)11-8-5-6-9-12-20(21)22/h7,10,18-19H,2-6,8-9,11-17H2,1H3,(H,21,22)/b10-7+. The highest BCUT2D eigenvalue weighted by atomic mass is 32.2. The topological polar surface area (TPSA) is 37.3 Å². The largest absolute Gasteiger partial charge is 0.481 e. The molecule has 1 heterocycles. The van der Waals surface area contributed by atoms with Crippen LogP contribution in [0.15, 0.2) is 12.2 Å². The zero-order valence-corrected chi connectivity index (χ0v) is 17.0. The van der Waals surface area contributed by atoms with Crippen molar-refractivity contribution in [2.45, 2.75) is 71.1 Å². The molecule has 2 unspecified atom stereocenters. The predicted octanol–water partition coefficient (Wildman–Crippen LogP) is 6.26. The summed E-state index contributed by atoms with van der Waals surface area (Å²) in [4.78, 5) is 10.5. The maximum Gasteiger partial charge on any atom is 0.303 e. The number of carbonyl (C=O) groups is 1. The third-order valence-electron chi connectivity index (χ3n) is 4.78. The van der Waals surface area contributed by atoms with Crippen LogP contribution in [0.4, 0.5) is 0 Å². The third-order valence-corrected chi connectivity index (χ3v) is 7.06. The monoisotopic (exact) mass is 372 g/mol. The first kappa shape index (κ1) is 22.0. The average Bonchev–Trinajstić information content (AvgIpc) is 3.00. The number of carboxylic acids is 1. The summed E-state index contributed by atoms with van der Waals surface area (Å²) in [6.07, 6.45) is 16.0. The molecule has 1 aliphatic heterocycles. The molecule has 24 heavy (non-hydrogen) atoms. The molecule has 0 bridgehead atoms. The van der Waals surface area contributed by atoms with Gasteiger partial charge in [0.05, 0.1) is 0 Å². The molecule has 0 saturated carbocycles. The van der Waals surface area contributed by atoms with E-state index >= 15 is 0 Å². The zero-order chi connectivity index (χ0) is 17.5. The fourth-order valence-corrected chi connectivity index (χ4v) is 5.74. The normalized spacial score (nSPS) is 20.9. The van der Waals surface area contributed by atoms with Gasteiger partial charge in [0, 0.05) is 12.2 Å². The number of hydrogen-bond donors (Lipinski definition) is 1. The molecule has 1 N–H and O–H groups in total. The molecule has 1 rings (SSSR count). The number of carboxylic acid groups (broad SMARTS) is 1. The number of hydrogen-bond acceptors (Lipinski definition) is 3. The second-order valence-corrected chi connectivity index (χ2v) is 9.11. The van der Waals surface area contributed by atoms with E-state index in [9.17, 15) is 4.79 Å². The van der Waals surface area contributed by atoms with E-state index in [2.05, 4.69) is 42.6 Å².